The van der Waals surface area contributed by atoms with Crippen molar-refractivity contribution in [2.75, 3.05) is 11.9 Å². The second-order valence-electron chi connectivity index (χ2n) is 10.6. The van der Waals surface area contributed by atoms with Gasteiger partial charge in [-0.2, -0.15) is 0 Å². The number of anilines is 1. The van der Waals surface area contributed by atoms with E-state index in [2.05, 4.69) is 21.3 Å². The summed E-state index contributed by atoms with van der Waals surface area (Å²) in [5.41, 5.74) is 6.54. The number of benzene rings is 1. The molecule has 1 aromatic carbocycles. The number of carbonyl (C=O) groups excluding carboxylic acids is 5. The number of ether oxygens (including phenoxy) is 1. The van der Waals surface area contributed by atoms with E-state index < -0.39 is 30.2 Å². The Morgan fingerprint density at radius 2 is 1.59 bits per heavy atom. The number of hydrogen-bond donors (Lipinski definition) is 6. The number of nitrogens with two attached hydrogens (primary N) is 1. The fourth-order valence-corrected chi connectivity index (χ4v) is 3.72. The van der Waals surface area contributed by atoms with Crippen molar-refractivity contribution < 1.29 is 33.8 Å². The van der Waals surface area contributed by atoms with Gasteiger partial charge in [-0.15, -0.1) is 0 Å². The highest BCUT2D eigenvalue weighted by atomic mass is 16.5. The van der Waals surface area contributed by atoms with Gasteiger partial charge in [0.05, 0.1) is 5.92 Å². The average molecular weight is 578 g/mol. The van der Waals surface area contributed by atoms with Crippen molar-refractivity contribution in [3.05, 3.63) is 29.8 Å². The highest BCUT2D eigenvalue weighted by Crippen LogP contribution is 2.13. The van der Waals surface area contributed by atoms with Gasteiger partial charge in [-0.05, 0) is 49.4 Å². The van der Waals surface area contributed by atoms with Crippen molar-refractivity contribution in [2.24, 2.45) is 17.6 Å². The first kappa shape index (κ1) is 35.7. The van der Waals surface area contributed by atoms with Crippen LogP contribution in [0.15, 0.2) is 24.3 Å². The van der Waals surface area contributed by atoms with Crippen LogP contribution in [-0.2, 0) is 35.3 Å². The SMILES string of the molecule is CCC(=O)CCCC(=O)N[C@H](C(=O)N[C@@H](CCCNC(N)O)C(=O)Nc1ccc(COC(=O)C(C)C)cc1)C(C)C. The number of Topliss-reactive ketones (excluding diaryl/α,β-unsaturated/α-hetero) is 1. The van der Waals surface area contributed by atoms with E-state index in [0.29, 0.717) is 37.9 Å². The zero-order valence-electron chi connectivity index (χ0n) is 24.8. The van der Waals surface area contributed by atoms with E-state index in [0.717, 1.165) is 5.56 Å². The Kier molecular flexibility index (Phi) is 16.4. The number of amides is 3. The Bertz CT molecular complexity index is 996. The molecule has 0 radical (unpaired) electrons. The molecule has 1 rings (SSSR count). The normalized spacial score (nSPS) is 13.3. The number of esters is 1. The topological polar surface area (TPSA) is 189 Å². The lowest BCUT2D eigenvalue weighted by Gasteiger charge is -2.25. The minimum absolute atomic E-state index is 0.0747. The lowest BCUT2D eigenvalue weighted by molar-refractivity contribution is -0.148. The van der Waals surface area contributed by atoms with Crippen molar-refractivity contribution in [2.45, 2.75) is 98.2 Å². The second kappa shape index (κ2) is 18.9. The Hall–Kier alpha value is -3.35. The first-order valence-corrected chi connectivity index (χ1v) is 14.2. The van der Waals surface area contributed by atoms with Gasteiger partial charge >= 0.3 is 5.97 Å². The first-order valence-electron chi connectivity index (χ1n) is 14.2. The summed E-state index contributed by atoms with van der Waals surface area (Å²) in [5, 5.41) is 20.1. The van der Waals surface area contributed by atoms with Crippen LogP contribution in [0.4, 0.5) is 5.69 Å². The molecule has 230 valence electrons. The van der Waals surface area contributed by atoms with Crippen molar-refractivity contribution in [3.8, 4) is 0 Å². The zero-order chi connectivity index (χ0) is 30.9. The van der Waals surface area contributed by atoms with Gasteiger partial charge in [-0.3, -0.25) is 35.0 Å². The summed E-state index contributed by atoms with van der Waals surface area (Å²) >= 11 is 0. The van der Waals surface area contributed by atoms with Crippen molar-refractivity contribution in [3.63, 3.8) is 0 Å². The van der Waals surface area contributed by atoms with Gasteiger partial charge in [-0.1, -0.05) is 46.8 Å². The molecule has 0 aliphatic heterocycles. The molecule has 0 aliphatic rings. The quantitative estimate of drug-likeness (QED) is 0.0807. The third kappa shape index (κ3) is 14.7. The summed E-state index contributed by atoms with van der Waals surface area (Å²) in [6.07, 6.45) is 0.680. The summed E-state index contributed by atoms with van der Waals surface area (Å²) in [4.78, 5) is 62.1. The second-order valence-corrected chi connectivity index (χ2v) is 10.6. The smallest absolute Gasteiger partial charge is 0.308 e. The van der Waals surface area contributed by atoms with Gasteiger partial charge in [-0.25, -0.2) is 0 Å². The molecule has 0 spiro atoms. The molecule has 3 atom stereocenters. The lowest BCUT2D eigenvalue weighted by atomic mass is 10.0. The molecule has 7 N–H and O–H groups in total. The molecule has 1 aromatic rings. The van der Waals surface area contributed by atoms with E-state index in [4.69, 9.17) is 10.5 Å². The molecule has 3 amide bonds. The summed E-state index contributed by atoms with van der Waals surface area (Å²) in [7, 11) is 0. The maximum atomic E-state index is 13.2. The van der Waals surface area contributed by atoms with Crippen LogP contribution < -0.4 is 27.0 Å². The Morgan fingerprint density at radius 3 is 2.15 bits per heavy atom. The van der Waals surface area contributed by atoms with Crippen LogP contribution in [0.2, 0.25) is 0 Å². The maximum Gasteiger partial charge on any atom is 0.308 e. The largest absolute Gasteiger partial charge is 0.461 e. The van der Waals surface area contributed by atoms with E-state index in [1.807, 2.05) is 0 Å². The third-order valence-corrected chi connectivity index (χ3v) is 6.25. The molecule has 0 aromatic heterocycles. The molecular formula is C29H47N5O7. The van der Waals surface area contributed by atoms with Gasteiger partial charge in [0.2, 0.25) is 17.7 Å². The number of aliphatic hydroxyl groups is 1. The highest BCUT2D eigenvalue weighted by Gasteiger charge is 2.28. The fourth-order valence-electron chi connectivity index (χ4n) is 3.72. The molecule has 0 aliphatic carbocycles. The van der Waals surface area contributed by atoms with Gasteiger partial charge in [0.15, 0.2) is 6.35 Å². The maximum absolute atomic E-state index is 13.2. The van der Waals surface area contributed by atoms with Crippen molar-refractivity contribution in [1.82, 2.24) is 16.0 Å². The number of rotatable bonds is 19. The number of carbonyl (C=O) groups is 5. The molecule has 0 saturated heterocycles. The van der Waals surface area contributed by atoms with Crippen LogP contribution >= 0.6 is 0 Å². The van der Waals surface area contributed by atoms with E-state index in [1.165, 1.54) is 0 Å². The monoisotopic (exact) mass is 577 g/mol. The van der Waals surface area contributed by atoms with Crippen molar-refractivity contribution in [1.29, 1.82) is 0 Å². The van der Waals surface area contributed by atoms with Gasteiger partial charge in [0.25, 0.3) is 0 Å². The van der Waals surface area contributed by atoms with Crippen LogP contribution in [0.5, 0.6) is 0 Å². The molecule has 12 heteroatoms. The van der Waals surface area contributed by atoms with Gasteiger partial charge < -0.3 is 25.8 Å². The lowest BCUT2D eigenvalue weighted by Crippen LogP contribution is -2.54. The Morgan fingerprint density at radius 1 is 0.927 bits per heavy atom. The molecule has 0 heterocycles. The predicted octanol–water partition coefficient (Wildman–Crippen LogP) is 1.70. The van der Waals surface area contributed by atoms with E-state index in [1.54, 1.807) is 58.9 Å². The number of nitrogens with one attached hydrogen (secondary N) is 4. The molecule has 12 nitrogen and oxygen atoms in total. The summed E-state index contributed by atoms with van der Waals surface area (Å²) in [6, 6.07) is 4.97. The first-order chi connectivity index (χ1) is 19.3. The minimum atomic E-state index is -1.21. The van der Waals surface area contributed by atoms with E-state index in [9.17, 15) is 29.1 Å². The van der Waals surface area contributed by atoms with E-state index >= 15 is 0 Å². The van der Waals surface area contributed by atoms with Crippen LogP contribution in [-0.4, -0.2) is 59.6 Å². The van der Waals surface area contributed by atoms with Gasteiger partial charge in [0.1, 0.15) is 24.5 Å². The zero-order valence-corrected chi connectivity index (χ0v) is 24.8. The highest BCUT2D eigenvalue weighted by molar-refractivity contribution is 5.98. The Labute approximate surface area is 242 Å². The number of hydrogen-bond acceptors (Lipinski definition) is 9. The molecule has 0 saturated carbocycles. The molecule has 1 unspecified atom stereocenters. The fraction of sp³-hybridized carbons (Fsp3) is 0.621. The standard InChI is InChI=1S/C29H47N5O7/c1-6-22(35)9-7-11-24(36)34-25(18(2)3)27(38)33-23(10-8-16-31-29(30)40)26(37)32-21-14-12-20(13-15-21)17-41-28(39)19(4)5/h12-15,18-19,23,25,29,31,40H,6-11,16-17,30H2,1-5H3,(H,32,37)(H,33,38)(H,34,36)/t23-,25-,29?/m0/s1. The summed E-state index contributed by atoms with van der Waals surface area (Å²) in [6.45, 7) is 9.26. The van der Waals surface area contributed by atoms with Crippen LogP contribution in [0.25, 0.3) is 0 Å². The van der Waals surface area contributed by atoms with Gasteiger partial charge in [0, 0.05) is 24.9 Å². The molecule has 0 fully saturated rings. The number of aliphatic hydroxyl groups excluding tert-OH is 1. The summed E-state index contributed by atoms with van der Waals surface area (Å²) < 4.78 is 5.22. The van der Waals surface area contributed by atoms with Crippen LogP contribution in [0.1, 0.15) is 78.7 Å². The minimum Gasteiger partial charge on any atom is -0.461 e. The van der Waals surface area contributed by atoms with Crippen LogP contribution in [0.3, 0.4) is 0 Å². The molecule has 0 bridgehead atoms. The number of ketones is 1. The Balaban J connectivity index is 2.87. The predicted molar refractivity (Wildman–Crippen MR) is 155 cm³/mol. The third-order valence-electron chi connectivity index (χ3n) is 6.25. The van der Waals surface area contributed by atoms with Crippen LogP contribution in [0, 0.1) is 11.8 Å². The van der Waals surface area contributed by atoms with Crippen molar-refractivity contribution >= 4 is 35.2 Å². The molecule has 41 heavy (non-hydrogen) atoms. The summed E-state index contributed by atoms with van der Waals surface area (Å²) in [5.74, 6) is -2.03. The average Bonchev–Trinajstić information content (AvgIpc) is 2.91. The molecular weight excluding hydrogens is 530 g/mol. The van der Waals surface area contributed by atoms with E-state index in [-0.39, 0.29) is 48.9 Å².